The Morgan fingerprint density at radius 1 is 1.21 bits per heavy atom. The standard InChI is InChI=1S/C21H19BrN2O4S/c1-12-18(20(25)26-2)19(14-5-3-4-6-15(14)22)23-21(29)24(12)13-7-8-16-17(11-13)28-10-9-27-16/h3-8,11,19H,9-10H2,1-2H3,(H,23,29). The molecule has 0 saturated heterocycles. The molecule has 29 heavy (non-hydrogen) atoms. The Hall–Kier alpha value is -2.58. The molecule has 6 nitrogen and oxygen atoms in total. The lowest BCUT2D eigenvalue weighted by molar-refractivity contribution is -0.136. The van der Waals surface area contributed by atoms with Crippen molar-refractivity contribution in [2.24, 2.45) is 0 Å². The van der Waals surface area contributed by atoms with Crippen LogP contribution in [0.2, 0.25) is 0 Å². The van der Waals surface area contributed by atoms with Gasteiger partial charge in [0, 0.05) is 16.2 Å². The summed E-state index contributed by atoms with van der Waals surface area (Å²) in [7, 11) is 1.38. The van der Waals surface area contributed by atoms with Crippen molar-refractivity contribution in [3.8, 4) is 11.5 Å². The second-order valence-corrected chi connectivity index (χ2v) is 7.80. The number of ether oxygens (including phenoxy) is 3. The number of rotatable bonds is 3. The van der Waals surface area contributed by atoms with E-state index in [0.717, 1.165) is 15.7 Å². The maximum atomic E-state index is 12.7. The van der Waals surface area contributed by atoms with Gasteiger partial charge in [0.2, 0.25) is 0 Å². The van der Waals surface area contributed by atoms with E-state index in [-0.39, 0.29) is 0 Å². The number of anilines is 1. The summed E-state index contributed by atoms with van der Waals surface area (Å²) in [6, 6.07) is 12.9. The quantitative estimate of drug-likeness (QED) is 0.530. The summed E-state index contributed by atoms with van der Waals surface area (Å²) in [6.07, 6.45) is 0. The van der Waals surface area contributed by atoms with Crippen molar-refractivity contribution in [3.63, 3.8) is 0 Å². The van der Waals surface area contributed by atoms with Crippen LogP contribution in [0.1, 0.15) is 18.5 Å². The van der Waals surface area contributed by atoms with Crippen LogP contribution in [0.3, 0.4) is 0 Å². The van der Waals surface area contributed by atoms with Gasteiger partial charge in [0.1, 0.15) is 13.2 Å². The first kappa shape index (κ1) is 19.7. The van der Waals surface area contributed by atoms with Crippen molar-refractivity contribution in [1.29, 1.82) is 0 Å². The fourth-order valence-electron chi connectivity index (χ4n) is 3.54. The van der Waals surface area contributed by atoms with E-state index < -0.39 is 12.0 Å². The number of benzene rings is 2. The summed E-state index contributed by atoms with van der Waals surface area (Å²) < 4.78 is 17.3. The van der Waals surface area contributed by atoms with Gasteiger partial charge in [-0.25, -0.2) is 4.79 Å². The van der Waals surface area contributed by atoms with Crippen LogP contribution < -0.4 is 19.7 Å². The molecule has 1 unspecified atom stereocenters. The average molecular weight is 475 g/mol. The maximum Gasteiger partial charge on any atom is 0.337 e. The van der Waals surface area contributed by atoms with Crippen LogP contribution in [-0.4, -0.2) is 31.4 Å². The lowest BCUT2D eigenvalue weighted by Crippen LogP contribution is -2.48. The number of allylic oxidation sites excluding steroid dienone is 1. The molecule has 1 N–H and O–H groups in total. The van der Waals surface area contributed by atoms with E-state index in [9.17, 15) is 4.79 Å². The predicted molar refractivity (Wildman–Crippen MR) is 117 cm³/mol. The smallest absolute Gasteiger partial charge is 0.337 e. The third-order valence-electron chi connectivity index (χ3n) is 4.89. The van der Waals surface area contributed by atoms with Crippen LogP contribution in [0.15, 0.2) is 58.2 Å². The normalized spacial score (nSPS) is 18.4. The molecule has 0 spiro atoms. The highest BCUT2D eigenvalue weighted by atomic mass is 79.9. The number of halogens is 1. The number of hydrogen-bond donors (Lipinski definition) is 1. The fraction of sp³-hybridized carbons (Fsp3) is 0.238. The van der Waals surface area contributed by atoms with Gasteiger partial charge < -0.3 is 19.5 Å². The number of methoxy groups -OCH3 is 1. The van der Waals surface area contributed by atoms with Crippen LogP contribution in [0.5, 0.6) is 11.5 Å². The van der Waals surface area contributed by atoms with E-state index in [1.807, 2.05) is 54.3 Å². The predicted octanol–water partition coefficient (Wildman–Crippen LogP) is 4.10. The Labute approximate surface area is 182 Å². The van der Waals surface area contributed by atoms with Gasteiger partial charge in [-0.05, 0) is 42.9 Å². The van der Waals surface area contributed by atoms with Crippen molar-refractivity contribution in [3.05, 3.63) is 63.8 Å². The van der Waals surface area contributed by atoms with Crippen LogP contribution in [0.4, 0.5) is 5.69 Å². The number of fused-ring (bicyclic) bond motifs is 1. The van der Waals surface area contributed by atoms with E-state index in [1.165, 1.54) is 7.11 Å². The number of nitrogens with zero attached hydrogens (tertiary/aromatic N) is 1. The average Bonchev–Trinajstić information content (AvgIpc) is 2.73. The minimum atomic E-state index is -0.431. The second-order valence-electron chi connectivity index (χ2n) is 6.56. The van der Waals surface area contributed by atoms with E-state index in [2.05, 4.69) is 21.2 Å². The van der Waals surface area contributed by atoms with Crippen molar-refractivity contribution in [2.45, 2.75) is 13.0 Å². The van der Waals surface area contributed by atoms with Gasteiger partial charge >= 0.3 is 5.97 Å². The van der Waals surface area contributed by atoms with Gasteiger partial charge in [0.05, 0.1) is 24.4 Å². The Kier molecular flexibility index (Phi) is 5.47. The van der Waals surface area contributed by atoms with Gasteiger partial charge in [-0.3, -0.25) is 4.90 Å². The molecule has 0 saturated carbocycles. The molecule has 0 aliphatic carbocycles. The molecule has 2 aliphatic heterocycles. The maximum absolute atomic E-state index is 12.7. The highest BCUT2D eigenvalue weighted by molar-refractivity contribution is 9.10. The summed E-state index contributed by atoms with van der Waals surface area (Å²) in [4.78, 5) is 14.6. The van der Waals surface area contributed by atoms with E-state index >= 15 is 0 Å². The zero-order valence-electron chi connectivity index (χ0n) is 15.9. The molecule has 2 aromatic rings. The molecule has 150 valence electrons. The molecular weight excluding hydrogens is 456 g/mol. The minimum Gasteiger partial charge on any atom is -0.486 e. The number of nitrogens with one attached hydrogen (secondary N) is 1. The first-order valence-electron chi connectivity index (χ1n) is 9.05. The fourth-order valence-corrected chi connectivity index (χ4v) is 4.42. The summed E-state index contributed by atoms with van der Waals surface area (Å²) in [5, 5.41) is 3.77. The molecule has 2 heterocycles. The number of carbonyl (C=O) groups is 1. The van der Waals surface area contributed by atoms with Gasteiger partial charge in [0.25, 0.3) is 0 Å². The Balaban J connectivity index is 1.82. The highest BCUT2D eigenvalue weighted by Gasteiger charge is 2.36. The van der Waals surface area contributed by atoms with Gasteiger partial charge in [0.15, 0.2) is 16.6 Å². The summed E-state index contributed by atoms with van der Waals surface area (Å²) in [5.41, 5.74) is 2.86. The van der Waals surface area contributed by atoms with Crippen LogP contribution >= 0.6 is 28.1 Å². The van der Waals surface area contributed by atoms with Crippen molar-refractivity contribution >= 4 is 44.9 Å². The molecule has 1 atom stereocenters. The molecule has 2 aliphatic rings. The second kappa shape index (κ2) is 8.04. The summed E-state index contributed by atoms with van der Waals surface area (Å²) in [6.45, 7) is 2.88. The lowest BCUT2D eigenvalue weighted by atomic mass is 9.95. The largest absolute Gasteiger partial charge is 0.486 e. The molecular formula is C21H19BrN2O4S. The molecule has 8 heteroatoms. The summed E-state index contributed by atoms with van der Waals surface area (Å²) in [5.74, 6) is 0.925. The van der Waals surface area contributed by atoms with E-state index in [1.54, 1.807) is 0 Å². The lowest BCUT2D eigenvalue weighted by Gasteiger charge is -2.38. The van der Waals surface area contributed by atoms with Crippen molar-refractivity contribution < 1.29 is 19.0 Å². The first-order chi connectivity index (χ1) is 14.0. The van der Waals surface area contributed by atoms with Gasteiger partial charge in [-0.15, -0.1) is 0 Å². The summed E-state index contributed by atoms with van der Waals surface area (Å²) >= 11 is 9.25. The van der Waals surface area contributed by atoms with E-state index in [4.69, 9.17) is 26.4 Å². The number of esters is 1. The van der Waals surface area contributed by atoms with Crippen LogP contribution in [-0.2, 0) is 9.53 Å². The molecule has 2 aromatic carbocycles. The zero-order valence-corrected chi connectivity index (χ0v) is 18.3. The monoisotopic (exact) mass is 474 g/mol. The Morgan fingerprint density at radius 3 is 2.66 bits per heavy atom. The molecule has 0 aromatic heterocycles. The molecule has 0 radical (unpaired) electrons. The number of carbonyl (C=O) groups excluding carboxylic acids is 1. The third kappa shape index (κ3) is 3.58. The molecule has 0 fully saturated rings. The first-order valence-corrected chi connectivity index (χ1v) is 10.2. The number of hydrogen-bond acceptors (Lipinski definition) is 5. The van der Waals surface area contributed by atoms with Crippen molar-refractivity contribution in [1.82, 2.24) is 5.32 Å². The Bertz CT molecular complexity index is 1020. The molecule has 4 rings (SSSR count). The van der Waals surface area contributed by atoms with Crippen molar-refractivity contribution in [2.75, 3.05) is 25.2 Å². The highest BCUT2D eigenvalue weighted by Crippen LogP contribution is 2.39. The van der Waals surface area contributed by atoms with E-state index in [0.29, 0.717) is 41.1 Å². The number of thiocarbonyl (C=S) groups is 1. The third-order valence-corrected chi connectivity index (χ3v) is 5.91. The van der Waals surface area contributed by atoms with Gasteiger partial charge in [-0.1, -0.05) is 34.1 Å². The van der Waals surface area contributed by atoms with Crippen LogP contribution in [0.25, 0.3) is 0 Å². The van der Waals surface area contributed by atoms with Crippen LogP contribution in [0, 0.1) is 0 Å². The minimum absolute atomic E-state index is 0.416. The SMILES string of the molecule is COC(=O)C1=C(C)N(c2ccc3c(c2)OCCO3)C(=S)NC1c1ccccc1Br. The zero-order chi connectivity index (χ0) is 20.5. The van der Waals surface area contributed by atoms with Gasteiger partial charge in [-0.2, -0.15) is 0 Å². The topological polar surface area (TPSA) is 60.0 Å². The molecule has 0 amide bonds. The molecule has 0 bridgehead atoms. The Morgan fingerprint density at radius 2 is 1.93 bits per heavy atom.